The number of esters is 1. The van der Waals surface area contributed by atoms with Crippen molar-refractivity contribution in [2.45, 2.75) is 68.3 Å². The molecule has 47 heavy (non-hydrogen) atoms. The van der Waals surface area contributed by atoms with Crippen molar-refractivity contribution in [3.05, 3.63) is 46.6 Å². The van der Waals surface area contributed by atoms with Gasteiger partial charge in [0.05, 0.1) is 13.7 Å². The van der Waals surface area contributed by atoms with E-state index in [0.29, 0.717) is 11.3 Å². The number of phenols is 2. The first-order valence-corrected chi connectivity index (χ1v) is 14.3. The van der Waals surface area contributed by atoms with Crippen molar-refractivity contribution >= 4 is 16.9 Å². The number of hydrogen-bond acceptors (Lipinski definition) is 17. The molecule has 2 aliphatic heterocycles. The summed E-state index contributed by atoms with van der Waals surface area (Å²) in [6.07, 6.45) is -17.6. The van der Waals surface area contributed by atoms with Crippen molar-refractivity contribution < 1.29 is 78.5 Å². The number of aromatic hydroxyl groups is 2. The van der Waals surface area contributed by atoms with Crippen LogP contribution in [0.2, 0.25) is 0 Å². The third-order valence-electron chi connectivity index (χ3n) is 7.77. The quantitative estimate of drug-likeness (QED) is 0.0949. The number of aliphatic hydroxyl groups excluding tert-OH is 6. The largest absolute Gasteiger partial charge is 0.507 e. The Bertz CT molecular complexity index is 1620. The summed E-state index contributed by atoms with van der Waals surface area (Å²) in [5, 5.41) is 84.0. The second kappa shape index (κ2) is 14.0. The number of hydrogen-bond donors (Lipinski definition) is 8. The topological polar surface area (TPSA) is 264 Å². The van der Waals surface area contributed by atoms with Gasteiger partial charge >= 0.3 is 5.97 Å². The van der Waals surface area contributed by atoms with Crippen molar-refractivity contribution in [3.8, 4) is 34.3 Å². The molecular weight excluding hydrogens is 632 g/mol. The number of methoxy groups -OCH3 is 1. The number of rotatable bonds is 9. The van der Waals surface area contributed by atoms with E-state index in [2.05, 4.69) is 0 Å². The van der Waals surface area contributed by atoms with Crippen molar-refractivity contribution in [3.63, 3.8) is 0 Å². The molecule has 2 aliphatic rings. The van der Waals surface area contributed by atoms with Crippen LogP contribution in [-0.2, 0) is 23.7 Å². The van der Waals surface area contributed by atoms with E-state index in [1.807, 2.05) is 0 Å². The molecule has 1 aromatic heterocycles. The molecule has 0 radical (unpaired) electrons. The van der Waals surface area contributed by atoms with Gasteiger partial charge in [0.2, 0.25) is 12.0 Å². The maximum absolute atomic E-state index is 13.0. The maximum atomic E-state index is 13.0. The number of fused-ring (bicyclic) bond motifs is 1. The molecule has 8 N–H and O–H groups in total. The summed E-state index contributed by atoms with van der Waals surface area (Å²) < 4.78 is 38.3. The summed E-state index contributed by atoms with van der Waals surface area (Å²) in [6.45, 7) is -0.277. The van der Waals surface area contributed by atoms with E-state index in [-0.39, 0.29) is 5.76 Å². The van der Waals surface area contributed by atoms with Crippen LogP contribution in [0.25, 0.3) is 22.3 Å². The van der Waals surface area contributed by atoms with Crippen LogP contribution in [0.5, 0.6) is 23.0 Å². The molecular formula is C30H34O17. The maximum Gasteiger partial charge on any atom is 0.302 e. The predicted molar refractivity (Wildman–Crippen MR) is 154 cm³/mol. The molecule has 3 aromatic rings. The second-order valence-corrected chi connectivity index (χ2v) is 10.9. The molecule has 0 spiro atoms. The number of carbonyl (C=O) groups excluding carboxylic acids is 1. The van der Waals surface area contributed by atoms with Crippen LogP contribution in [0.15, 0.2) is 45.6 Å². The van der Waals surface area contributed by atoms with Crippen LogP contribution in [0.3, 0.4) is 0 Å². The van der Waals surface area contributed by atoms with Gasteiger partial charge in [-0.3, -0.25) is 9.59 Å². The first-order valence-electron chi connectivity index (χ1n) is 14.3. The number of phenolic OH excluding ortho intramolecular Hbond substituents is 2. The monoisotopic (exact) mass is 666 g/mol. The normalized spacial score (nSPS) is 31.0. The standard InChI is InChI=1S/C30H34O17/c1-11(32)42-10-19-22(36)24(38)26(40)29(46-19)47-28-25(39)21(35)18(9-31)45-30(28)44-17-8-15(34)20-14(33)7-16(43-27(20)23(17)37)12-3-5-13(41-2)6-4-12/h3-8,18-19,21-22,24-26,28-31,34-40H,9-10H2,1-2H3. The minimum absolute atomic E-state index is 0.0125. The highest BCUT2D eigenvalue weighted by molar-refractivity contribution is 5.91. The number of ether oxygens (including phenoxy) is 6. The number of aliphatic hydroxyl groups is 6. The van der Waals surface area contributed by atoms with Crippen LogP contribution in [0.4, 0.5) is 0 Å². The van der Waals surface area contributed by atoms with Gasteiger partial charge < -0.3 is 73.7 Å². The Labute approximate surface area is 265 Å². The molecule has 10 atom stereocenters. The van der Waals surface area contributed by atoms with E-state index in [9.17, 15) is 50.4 Å². The summed E-state index contributed by atoms with van der Waals surface area (Å²) in [5.74, 6) is -2.21. The molecule has 2 aromatic carbocycles. The average molecular weight is 667 g/mol. The summed E-state index contributed by atoms with van der Waals surface area (Å²) in [6, 6.07) is 8.37. The summed E-state index contributed by atoms with van der Waals surface area (Å²) in [5.41, 5.74) is -0.771. The van der Waals surface area contributed by atoms with E-state index in [1.165, 1.54) is 7.11 Å². The molecule has 2 fully saturated rings. The Kier molecular flexibility index (Phi) is 10.2. The Hall–Kier alpha value is -4.04. The lowest BCUT2D eigenvalue weighted by molar-refractivity contribution is -0.358. The molecule has 0 aliphatic carbocycles. The summed E-state index contributed by atoms with van der Waals surface area (Å²) in [7, 11) is 1.47. The molecule has 256 valence electrons. The minimum atomic E-state index is -1.94. The zero-order valence-electron chi connectivity index (χ0n) is 24.9. The van der Waals surface area contributed by atoms with Gasteiger partial charge in [-0.25, -0.2) is 0 Å². The van der Waals surface area contributed by atoms with Crippen LogP contribution in [0, 0.1) is 0 Å². The highest BCUT2D eigenvalue weighted by Crippen LogP contribution is 2.42. The lowest BCUT2D eigenvalue weighted by Crippen LogP contribution is -2.65. The molecule has 0 bridgehead atoms. The lowest BCUT2D eigenvalue weighted by atomic mass is 9.97. The van der Waals surface area contributed by atoms with Gasteiger partial charge in [-0.1, -0.05) is 0 Å². The van der Waals surface area contributed by atoms with Gasteiger partial charge in [0, 0.05) is 24.6 Å². The molecule has 0 saturated carbocycles. The molecule has 2 saturated heterocycles. The average Bonchev–Trinajstić information content (AvgIpc) is 3.05. The van der Waals surface area contributed by atoms with E-state index in [1.54, 1.807) is 24.3 Å². The third kappa shape index (κ3) is 6.84. The molecule has 17 nitrogen and oxygen atoms in total. The Morgan fingerprint density at radius 2 is 1.53 bits per heavy atom. The zero-order chi connectivity index (χ0) is 34.2. The highest BCUT2D eigenvalue weighted by atomic mass is 16.8. The van der Waals surface area contributed by atoms with Gasteiger partial charge in [-0.05, 0) is 24.3 Å². The number of benzene rings is 2. The van der Waals surface area contributed by atoms with Gasteiger partial charge in [-0.15, -0.1) is 0 Å². The van der Waals surface area contributed by atoms with Crippen molar-refractivity contribution in [2.75, 3.05) is 20.3 Å². The Morgan fingerprint density at radius 3 is 2.17 bits per heavy atom. The van der Waals surface area contributed by atoms with E-state index in [0.717, 1.165) is 19.1 Å². The minimum Gasteiger partial charge on any atom is -0.507 e. The van der Waals surface area contributed by atoms with Crippen molar-refractivity contribution in [1.29, 1.82) is 0 Å². The molecule has 0 amide bonds. The third-order valence-corrected chi connectivity index (χ3v) is 7.77. The SMILES string of the molecule is COc1ccc(-c2cc(=O)c3c(O)cc(OC4OC(CO)C(O)C(O)C4OC4OC(COC(C)=O)C(O)C(O)C4O)c(O)c3o2)cc1. The summed E-state index contributed by atoms with van der Waals surface area (Å²) in [4.78, 5) is 24.2. The molecule has 5 rings (SSSR count). The van der Waals surface area contributed by atoms with Crippen molar-refractivity contribution in [2.24, 2.45) is 0 Å². The first kappa shape index (κ1) is 34.3. The Morgan fingerprint density at radius 1 is 0.872 bits per heavy atom. The van der Waals surface area contributed by atoms with E-state index in [4.69, 9.17) is 32.8 Å². The fourth-order valence-electron chi connectivity index (χ4n) is 5.21. The van der Waals surface area contributed by atoms with Crippen LogP contribution in [0.1, 0.15) is 6.92 Å². The Balaban J connectivity index is 1.48. The second-order valence-electron chi connectivity index (χ2n) is 10.9. The molecule has 3 heterocycles. The zero-order valence-corrected chi connectivity index (χ0v) is 24.9. The molecule has 17 heteroatoms. The van der Waals surface area contributed by atoms with Crippen LogP contribution < -0.4 is 14.9 Å². The number of carbonyl (C=O) groups is 1. The predicted octanol–water partition coefficient (Wildman–Crippen LogP) is -1.55. The molecule has 10 unspecified atom stereocenters. The van der Waals surface area contributed by atoms with Crippen LogP contribution >= 0.6 is 0 Å². The highest BCUT2D eigenvalue weighted by Gasteiger charge is 2.51. The van der Waals surface area contributed by atoms with E-state index >= 15 is 0 Å². The van der Waals surface area contributed by atoms with Gasteiger partial charge in [-0.2, -0.15) is 0 Å². The fraction of sp³-hybridized carbons (Fsp3) is 0.467. The van der Waals surface area contributed by atoms with E-state index < -0.39 is 114 Å². The first-order chi connectivity index (χ1) is 22.3. The smallest absolute Gasteiger partial charge is 0.302 e. The van der Waals surface area contributed by atoms with Crippen LogP contribution in [-0.4, -0.2) is 129 Å². The van der Waals surface area contributed by atoms with Crippen molar-refractivity contribution in [1.82, 2.24) is 0 Å². The lowest BCUT2D eigenvalue weighted by Gasteiger charge is -2.45. The van der Waals surface area contributed by atoms with Gasteiger partial charge in [0.25, 0.3) is 0 Å². The fourth-order valence-corrected chi connectivity index (χ4v) is 5.21. The van der Waals surface area contributed by atoms with Gasteiger partial charge in [0.15, 0.2) is 29.2 Å². The summed E-state index contributed by atoms with van der Waals surface area (Å²) >= 11 is 0. The van der Waals surface area contributed by atoms with Gasteiger partial charge in [0.1, 0.15) is 72.0 Å².